The second-order valence-corrected chi connectivity index (χ2v) is 6.53. The Hall–Kier alpha value is -1.36. The monoisotopic (exact) mass is 294 g/mol. The van der Waals surface area contributed by atoms with Gasteiger partial charge in [-0.15, -0.1) is 11.3 Å². The zero-order chi connectivity index (χ0) is 14.7. The summed E-state index contributed by atoms with van der Waals surface area (Å²) in [5.74, 6) is -0.268. The van der Waals surface area contributed by atoms with Crippen LogP contribution >= 0.6 is 11.3 Å². The summed E-state index contributed by atoms with van der Waals surface area (Å²) < 4.78 is 0. The topological polar surface area (TPSA) is 63.4 Å². The van der Waals surface area contributed by atoms with Crippen molar-refractivity contribution in [3.05, 3.63) is 21.4 Å². The van der Waals surface area contributed by atoms with Crippen LogP contribution in [0.3, 0.4) is 0 Å². The number of hydrogen-bond donors (Lipinski definition) is 1. The van der Waals surface area contributed by atoms with E-state index in [-0.39, 0.29) is 24.3 Å². The third-order valence-electron chi connectivity index (χ3n) is 3.88. The van der Waals surface area contributed by atoms with E-state index in [9.17, 15) is 9.59 Å². The third-order valence-corrected chi connectivity index (χ3v) is 5.25. The Balaban J connectivity index is 2.18. The molecular formula is C15H22N2O2S. The van der Waals surface area contributed by atoms with Crippen LogP contribution in [0.1, 0.15) is 52.7 Å². The summed E-state index contributed by atoms with van der Waals surface area (Å²) in [5, 5.41) is 0. The van der Waals surface area contributed by atoms with Gasteiger partial charge in [0.2, 0.25) is 5.91 Å². The van der Waals surface area contributed by atoms with Crippen molar-refractivity contribution in [2.75, 3.05) is 6.54 Å². The lowest BCUT2D eigenvalue weighted by molar-refractivity contribution is -0.119. The van der Waals surface area contributed by atoms with Crippen LogP contribution in [0.4, 0.5) is 0 Å². The van der Waals surface area contributed by atoms with Crippen LogP contribution in [-0.4, -0.2) is 29.3 Å². The molecular weight excluding hydrogens is 272 g/mol. The molecule has 0 aliphatic carbocycles. The van der Waals surface area contributed by atoms with Gasteiger partial charge in [0.1, 0.15) is 0 Å². The molecule has 20 heavy (non-hydrogen) atoms. The second kappa shape index (κ2) is 6.39. The fraction of sp³-hybridized carbons (Fsp3) is 0.600. The SMILES string of the molecule is CCc1sc(C(=O)N2CCCCC2CC(N)=O)cc1C. The Bertz CT molecular complexity index is 510. The summed E-state index contributed by atoms with van der Waals surface area (Å²) in [6.45, 7) is 4.88. The Morgan fingerprint density at radius 2 is 2.20 bits per heavy atom. The maximum absolute atomic E-state index is 12.7. The lowest BCUT2D eigenvalue weighted by Gasteiger charge is -2.34. The summed E-state index contributed by atoms with van der Waals surface area (Å²) in [7, 11) is 0. The first-order chi connectivity index (χ1) is 9.52. The first kappa shape index (κ1) is 15.0. The van der Waals surface area contributed by atoms with E-state index in [2.05, 4.69) is 6.92 Å². The van der Waals surface area contributed by atoms with Gasteiger partial charge in [-0.2, -0.15) is 0 Å². The molecule has 0 bridgehead atoms. The molecule has 110 valence electrons. The molecule has 1 aromatic heterocycles. The Morgan fingerprint density at radius 3 is 2.80 bits per heavy atom. The molecule has 2 N–H and O–H groups in total. The quantitative estimate of drug-likeness (QED) is 0.927. The molecule has 1 saturated heterocycles. The molecule has 0 spiro atoms. The molecule has 1 aliphatic heterocycles. The number of thiophene rings is 1. The first-order valence-corrected chi connectivity index (χ1v) is 8.03. The molecule has 0 aromatic carbocycles. The average Bonchev–Trinajstić information content (AvgIpc) is 2.79. The van der Waals surface area contributed by atoms with Crippen molar-refractivity contribution in [1.29, 1.82) is 0 Å². The molecule has 2 amide bonds. The predicted octanol–water partition coefficient (Wildman–Crippen LogP) is 2.49. The van der Waals surface area contributed by atoms with Gasteiger partial charge in [0.05, 0.1) is 4.88 Å². The highest BCUT2D eigenvalue weighted by atomic mass is 32.1. The number of nitrogens with two attached hydrogens (primary N) is 1. The van der Waals surface area contributed by atoms with Gasteiger partial charge < -0.3 is 10.6 Å². The molecule has 1 fully saturated rings. The van der Waals surface area contributed by atoms with E-state index >= 15 is 0 Å². The highest BCUT2D eigenvalue weighted by Gasteiger charge is 2.29. The Morgan fingerprint density at radius 1 is 1.45 bits per heavy atom. The van der Waals surface area contributed by atoms with Crippen LogP contribution in [0.15, 0.2) is 6.07 Å². The molecule has 0 saturated carbocycles. The molecule has 2 rings (SSSR count). The molecule has 1 aliphatic rings. The third kappa shape index (κ3) is 3.20. The minimum Gasteiger partial charge on any atom is -0.370 e. The fourth-order valence-electron chi connectivity index (χ4n) is 2.83. The van der Waals surface area contributed by atoms with Gasteiger partial charge in [-0.25, -0.2) is 0 Å². The van der Waals surface area contributed by atoms with E-state index < -0.39 is 0 Å². The van der Waals surface area contributed by atoms with Gasteiger partial charge in [0.25, 0.3) is 5.91 Å². The van der Waals surface area contributed by atoms with Crippen LogP contribution in [0.5, 0.6) is 0 Å². The highest BCUT2D eigenvalue weighted by Crippen LogP contribution is 2.27. The number of rotatable bonds is 4. The molecule has 1 aromatic rings. The van der Waals surface area contributed by atoms with Gasteiger partial charge >= 0.3 is 0 Å². The number of carbonyl (C=O) groups excluding carboxylic acids is 2. The van der Waals surface area contributed by atoms with Crippen LogP contribution in [0, 0.1) is 6.92 Å². The van der Waals surface area contributed by atoms with Crippen molar-refractivity contribution >= 4 is 23.2 Å². The van der Waals surface area contributed by atoms with Crippen LogP contribution in [0.2, 0.25) is 0 Å². The number of nitrogens with zero attached hydrogens (tertiary/aromatic N) is 1. The lowest BCUT2D eigenvalue weighted by atomic mass is 9.99. The summed E-state index contributed by atoms with van der Waals surface area (Å²) in [6, 6.07) is 1.95. The number of aryl methyl sites for hydroxylation is 2. The summed E-state index contributed by atoms with van der Waals surface area (Å²) >= 11 is 1.57. The molecule has 1 atom stereocenters. The zero-order valence-electron chi connectivity index (χ0n) is 12.1. The van der Waals surface area contributed by atoms with Crippen LogP contribution < -0.4 is 5.73 Å². The molecule has 2 heterocycles. The van der Waals surface area contributed by atoms with E-state index in [0.29, 0.717) is 0 Å². The number of hydrogen-bond acceptors (Lipinski definition) is 3. The summed E-state index contributed by atoms with van der Waals surface area (Å²) in [5.41, 5.74) is 6.48. The minimum absolute atomic E-state index is 0.0266. The lowest BCUT2D eigenvalue weighted by Crippen LogP contribution is -2.45. The standard InChI is InChI=1S/C15H22N2O2S/c1-3-12-10(2)8-13(20-12)15(19)17-7-5-4-6-11(17)9-14(16)18/h8,11H,3-7,9H2,1-2H3,(H2,16,18). The van der Waals surface area contributed by atoms with Crippen LogP contribution in [0.25, 0.3) is 0 Å². The number of piperidine rings is 1. The number of carbonyl (C=O) groups is 2. The Labute approximate surface area is 124 Å². The van der Waals surface area contributed by atoms with Crippen molar-refractivity contribution < 1.29 is 9.59 Å². The average molecular weight is 294 g/mol. The minimum atomic E-state index is -0.327. The number of primary amides is 1. The summed E-state index contributed by atoms with van der Waals surface area (Å²) in [4.78, 5) is 27.7. The molecule has 4 nitrogen and oxygen atoms in total. The van der Waals surface area contributed by atoms with E-state index in [1.165, 1.54) is 10.4 Å². The fourth-order valence-corrected chi connectivity index (χ4v) is 3.90. The van der Waals surface area contributed by atoms with E-state index in [4.69, 9.17) is 5.73 Å². The van der Waals surface area contributed by atoms with E-state index in [0.717, 1.165) is 37.1 Å². The number of amides is 2. The first-order valence-electron chi connectivity index (χ1n) is 7.21. The highest BCUT2D eigenvalue weighted by molar-refractivity contribution is 7.14. The Kier molecular flexibility index (Phi) is 4.81. The van der Waals surface area contributed by atoms with E-state index in [1.54, 1.807) is 11.3 Å². The van der Waals surface area contributed by atoms with Gasteiger partial charge in [-0.3, -0.25) is 9.59 Å². The zero-order valence-corrected chi connectivity index (χ0v) is 13.0. The van der Waals surface area contributed by atoms with E-state index in [1.807, 2.05) is 17.9 Å². The van der Waals surface area contributed by atoms with Crippen molar-refractivity contribution in [3.63, 3.8) is 0 Å². The maximum atomic E-state index is 12.7. The number of likely N-dealkylation sites (tertiary alicyclic amines) is 1. The normalized spacial score (nSPS) is 19.1. The summed E-state index contributed by atoms with van der Waals surface area (Å²) in [6.07, 6.45) is 4.17. The van der Waals surface area contributed by atoms with Gasteiger partial charge in [0.15, 0.2) is 0 Å². The van der Waals surface area contributed by atoms with Crippen molar-refractivity contribution in [3.8, 4) is 0 Å². The molecule has 5 heteroatoms. The smallest absolute Gasteiger partial charge is 0.264 e. The van der Waals surface area contributed by atoms with Crippen molar-refractivity contribution in [1.82, 2.24) is 4.90 Å². The maximum Gasteiger partial charge on any atom is 0.264 e. The van der Waals surface area contributed by atoms with Crippen molar-refractivity contribution in [2.45, 2.75) is 52.0 Å². The molecule has 0 radical (unpaired) electrons. The van der Waals surface area contributed by atoms with Gasteiger partial charge in [-0.1, -0.05) is 6.92 Å². The second-order valence-electron chi connectivity index (χ2n) is 5.39. The predicted molar refractivity (Wildman–Crippen MR) is 80.9 cm³/mol. The largest absolute Gasteiger partial charge is 0.370 e. The van der Waals surface area contributed by atoms with Gasteiger partial charge in [0, 0.05) is 23.9 Å². The van der Waals surface area contributed by atoms with Crippen LogP contribution in [-0.2, 0) is 11.2 Å². The molecule has 1 unspecified atom stereocenters. The van der Waals surface area contributed by atoms with Crippen molar-refractivity contribution in [2.24, 2.45) is 5.73 Å². The van der Waals surface area contributed by atoms with Gasteiger partial charge in [-0.05, 0) is 44.2 Å².